The third-order valence-corrected chi connectivity index (χ3v) is 8.57. The van der Waals surface area contributed by atoms with E-state index in [0.29, 0.717) is 16.5 Å². The van der Waals surface area contributed by atoms with Crippen molar-refractivity contribution in [1.29, 1.82) is 0 Å². The molecule has 37 heavy (non-hydrogen) atoms. The molecule has 0 bridgehead atoms. The Balaban J connectivity index is 1.90. The summed E-state index contributed by atoms with van der Waals surface area (Å²) in [5, 5.41) is 10.8. The van der Waals surface area contributed by atoms with E-state index in [2.05, 4.69) is 49.6 Å². The number of sulfone groups is 1. The smallest absolute Gasteiger partial charge is 0.178 e. The summed E-state index contributed by atoms with van der Waals surface area (Å²) in [5.41, 5.74) is 6.68. The lowest BCUT2D eigenvalue weighted by Crippen LogP contribution is -2.15. The van der Waals surface area contributed by atoms with Gasteiger partial charge in [-0.1, -0.05) is 69.3 Å². The molecule has 5 nitrogen and oxygen atoms in total. The molecule has 0 spiro atoms. The van der Waals surface area contributed by atoms with Gasteiger partial charge in [0, 0.05) is 11.8 Å². The highest BCUT2D eigenvalue weighted by Gasteiger charge is 2.25. The molecule has 0 radical (unpaired) electrons. The average Bonchev–Trinajstić information content (AvgIpc) is 3.29. The second-order valence-corrected chi connectivity index (χ2v) is 12.8. The van der Waals surface area contributed by atoms with Crippen LogP contribution in [0.25, 0.3) is 28.2 Å². The van der Waals surface area contributed by atoms with Crippen LogP contribution in [0, 0.1) is 13.8 Å². The molecule has 0 aliphatic rings. The van der Waals surface area contributed by atoms with Gasteiger partial charge in [0.1, 0.15) is 11.4 Å². The third-order valence-electron chi connectivity index (χ3n) is 6.84. The lowest BCUT2D eigenvalue weighted by molar-refractivity contribution is 0.0743. The van der Waals surface area contributed by atoms with E-state index < -0.39 is 15.4 Å². The van der Waals surface area contributed by atoms with Gasteiger partial charge in [0.05, 0.1) is 22.0 Å². The molecule has 0 aliphatic carbocycles. The number of aromatic nitrogens is 2. The summed E-state index contributed by atoms with van der Waals surface area (Å²) in [6.45, 7) is 13.6. The third kappa shape index (κ3) is 5.27. The Morgan fingerprint density at radius 2 is 1.62 bits per heavy atom. The molecule has 0 saturated carbocycles. The van der Waals surface area contributed by atoms with Crippen molar-refractivity contribution in [3.8, 4) is 28.2 Å². The maximum Gasteiger partial charge on any atom is 0.178 e. The predicted octanol–water partition coefficient (Wildman–Crippen LogP) is 6.97. The summed E-state index contributed by atoms with van der Waals surface area (Å²) in [4.78, 5) is 5.26. The van der Waals surface area contributed by atoms with E-state index >= 15 is 0 Å². The molecule has 0 unspecified atom stereocenters. The van der Waals surface area contributed by atoms with Gasteiger partial charge < -0.3 is 5.11 Å². The van der Waals surface area contributed by atoms with Crippen LogP contribution in [0.4, 0.5) is 0 Å². The molecule has 6 heteroatoms. The van der Waals surface area contributed by atoms with Crippen molar-refractivity contribution >= 4 is 9.84 Å². The minimum Gasteiger partial charge on any atom is -0.384 e. The number of hydrogen-bond donors (Lipinski definition) is 1. The monoisotopic (exact) mass is 516 g/mol. The van der Waals surface area contributed by atoms with Crippen LogP contribution >= 0.6 is 0 Å². The van der Waals surface area contributed by atoms with Gasteiger partial charge in [-0.25, -0.2) is 13.4 Å². The lowest BCUT2D eigenvalue weighted by atomic mass is 9.97. The van der Waals surface area contributed by atoms with Crippen molar-refractivity contribution in [1.82, 2.24) is 9.55 Å². The first kappa shape index (κ1) is 26.8. The summed E-state index contributed by atoms with van der Waals surface area (Å²) in [6, 6.07) is 19.5. The van der Waals surface area contributed by atoms with Crippen molar-refractivity contribution < 1.29 is 13.5 Å². The molecule has 0 saturated heterocycles. The number of rotatable bonds is 7. The van der Waals surface area contributed by atoms with Crippen molar-refractivity contribution in [3.05, 3.63) is 89.2 Å². The highest BCUT2D eigenvalue weighted by molar-refractivity contribution is 7.91. The minimum atomic E-state index is -3.29. The van der Waals surface area contributed by atoms with Gasteiger partial charge in [0.2, 0.25) is 0 Å². The number of aryl methyl sites for hydroxylation is 2. The SMILES string of the molecule is CCS(=O)(=O)c1cccc(-c2ccc(-c3nc(C(C)(C)O)cn3-c3c(C)cccc3C(C)C)c(C)c2)c1. The molecule has 3 aromatic carbocycles. The molecule has 194 valence electrons. The Morgan fingerprint density at radius 1 is 0.946 bits per heavy atom. The molecule has 0 atom stereocenters. The number of benzene rings is 3. The van der Waals surface area contributed by atoms with E-state index in [9.17, 15) is 13.5 Å². The fraction of sp³-hybridized carbons (Fsp3) is 0.323. The molecular formula is C31H36N2O3S. The van der Waals surface area contributed by atoms with E-state index in [-0.39, 0.29) is 5.75 Å². The molecule has 0 fully saturated rings. The quantitative estimate of drug-likeness (QED) is 0.288. The van der Waals surface area contributed by atoms with Crippen LogP contribution in [-0.4, -0.2) is 28.8 Å². The average molecular weight is 517 g/mol. The number of hydrogen-bond acceptors (Lipinski definition) is 4. The fourth-order valence-electron chi connectivity index (χ4n) is 4.64. The summed E-state index contributed by atoms with van der Waals surface area (Å²) in [7, 11) is -3.29. The highest BCUT2D eigenvalue weighted by atomic mass is 32.2. The molecule has 1 aromatic heterocycles. The molecule has 0 amide bonds. The zero-order chi connectivity index (χ0) is 27.1. The largest absolute Gasteiger partial charge is 0.384 e. The van der Waals surface area contributed by atoms with Gasteiger partial charge in [-0.2, -0.15) is 0 Å². The number of aliphatic hydroxyl groups is 1. The summed E-state index contributed by atoms with van der Waals surface area (Å²) in [5.74, 6) is 1.14. The number of nitrogens with zero attached hydrogens (tertiary/aromatic N) is 2. The van der Waals surface area contributed by atoms with Gasteiger partial charge in [-0.15, -0.1) is 0 Å². The Morgan fingerprint density at radius 3 is 2.24 bits per heavy atom. The maximum atomic E-state index is 12.4. The van der Waals surface area contributed by atoms with Gasteiger partial charge in [-0.05, 0) is 73.6 Å². The zero-order valence-electron chi connectivity index (χ0n) is 22.7. The van der Waals surface area contributed by atoms with Crippen molar-refractivity contribution in [3.63, 3.8) is 0 Å². The van der Waals surface area contributed by atoms with Gasteiger partial charge in [0.25, 0.3) is 0 Å². The molecule has 1 heterocycles. The van der Waals surface area contributed by atoms with E-state index in [1.807, 2.05) is 31.3 Å². The first-order valence-corrected chi connectivity index (χ1v) is 14.3. The standard InChI is InChI=1S/C31H36N2O3S/c1-8-37(35,36)25-13-10-12-23(18-25)24-15-16-27(22(5)17-24)30-32-28(31(6,7)34)19-33(30)29-21(4)11-9-14-26(29)20(2)3/h9-20,34H,8H2,1-7H3. The zero-order valence-corrected chi connectivity index (χ0v) is 23.5. The topological polar surface area (TPSA) is 72.2 Å². The Labute approximate surface area is 220 Å². The predicted molar refractivity (Wildman–Crippen MR) is 151 cm³/mol. The van der Waals surface area contributed by atoms with Crippen LogP contribution in [0.5, 0.6) is 0 Å². The second-order valence-electron chi connectivity index (χ2n) is 10.5. The highest BCUT2D eigenvalue weighted by Crippen LogP contribution is 2.35. The van der Waals surface area contributed by atoms with Crippen LogP contribution in [0.15, 0.2) is 71.8 Å². The van der Waals surface area contributed by atoms with E-state index in [4.69, 9.17) is 4.98 Å². The maximum absolute atomic E-state index is 12.4. The van der Waals surface area contributed by atoms with E-state index in [1.54, 1.807) is 39.0 Å². The Kier molecular flexibility index (Phi) is 7.19. The molecule has 0 aliphatic heterocycles. The van der Waals surface area contributed by atoms with Crippen LogP contribution in [-0.2, 0) is 15.4 Å². The van der Waals surface area contributed by atoms with Crippen molar-refractivity contribution in [2.24, 2.45) is 0 Å². The Hall–Kier alpha value is -3.22. The molecule has 1 N–H and O–H groups in total. The number of para-hydroxylation sites is 1. The first-order chi connectivity index (χ1) is 17.3. The second kappa shape index (κ2) is 9.92. The van der Waals surface area contributed by atoms with Gasteiger partial charge in [-0.3, -0.25) is 4.57 Å². The van der Waals surface area contributed by atoms with E-state index in [1.165, 1.54) is 5.56 Å². The normalized spacial score (nSPS) is 12.4. The minimum absolute atomic E-state index is 0.0673. The van der Waals surface area contributed by atoms with Crippen molar-refractivity contribution in [2.75, 3.05) is 5.75 Å². The molecule has 4 aromatic rings. The van der Waals surface area contributed by atoms with E-state index in [0.717, 1.165) is 39.3 Å². The molecule has 4 rings (SSSR count). The fourth-order valence-corrected chi connectivity index (χ4v) is 5.57. The summed E-state index contributed by atoms with van der Waals surface area (Å²) >= 11 is 0. The van der Waals surface area contributed by atoms with Gasteiger partial charge >= 0.3 is 0 Å². The van der Waals surface area contributed by atoms with Crippen molar-refractivity contribution in [2.45, 2.75) is 64.9 Å². The summed E-state index contributed by atoms with van der Waals surface area (Å²) in [6.07, 6.45) is 1.94. The Bertz CT molecular complexity index is 1560. The van der Waals surface area contributed by atoms with Crippen LogP contribution in [0.2, 0.25) is 0 Å². The van der Waals surface area contributed by atoms with Gasteiger partial charge in [0.15, 0.2) is 9.84 Å². The lowest BCUT2D eigenvalue weighted by Gasteiger charge is -2.19. The van der Waals surface area contributed by atoms with Crippen LogP contribution in [0.1, 0.15) is 62.9 Å². The first-order valence-electron chi connectivity index (χ1n) is 12.7. The van der Waals surface area contributed by atoms with Crippen LogP contribution < -0.4 is 0 Å². The molecular weight excluding hydrogens is 480 g/mol. The number of imidazole rings is 1. The summed E-state index contributed by atoms with van der Waals surface area (Å²) < 4.78 is 26.9. The van der Waals surface area contributed by atoms with Crippen LogP contribution in [0.3, 0.4) is 0 Å².